The number of hydrogen-bond donors (Lipinski definition) is 1. The van der Waals surface area contributed by atoms with Gasteiger partial charge in [-0.25, -0.2) is 0 Å². The Hall–Kier alpha value is -1.68. The SMILES string of the molecule is C/C=C(\C/C=C\COCC1CCCN1)Cc1ccc(-c2cccs2)cc1. The third-order valence-corrected chi connectivity index (χ3v) is 5.76. The lowest BCUT2D eigenvalue weighted by Crippen LogP contribution is -2.26. The zero-order valence-corrected chi connectivity index (χ0v) is 16.4. The summed E-state index contributed by atoms with van der Waals surface area (Å²) in [5.74, 6) is 0. The smallest absolute Gasteiger partial charge is 0.0648 e. The van der Waals surface area contributed by atoms with Crippen molar-refractivity contribution in [1.29, 1.82) is 0 Å². The van der Waals surface area contributed by atoms with Gasteiger partial charge in [-0.2, -0.15) is 0 Å². The molecule has 0 spiro atoms. The molecule has 1 fully saturated rings. The molecule has 1 aliphatic heterocycles. The number of nitrogens with one attached hydrogen (secondary N) is 1. The van der Waals surface area contributed by atoms with Crippen LogP contribution in [0.3, 0.4) is 0 Å². The Balaban J connectivity index is 1.40. The van der Waals surface area contributed by atoms with Crippen molar-refractivity contribution in [3.63, 3.8) is 0 Å². The predicted molar refractivity (Wildman–Crippen MR) is 113 cm³/mol. The van der Waals surface area contributed by atoms with Crippen molar-refractivity contribution in [1.82, 2.24) is 5.32 Å². The van der Waals surface area contributed by atoms with E-state index in [1.807, 2.05) is 0 Å². The Morgan fingerprint density at radius 2 is 2.12 bits per heavy atom. The third kappa shape index (κ3) is 5.94. The summed E-state index contributed by atoms with van der Waals surface area (Å²) in [6, 6.07) is 13.8. The molecule has 0 amide bonds. The van der Waals surface area contributed by atoms with Gasteiger partial charge in [-0.3, -0.25) is 0 Å². The van der Waals surface area contributed by atoms with Crippen LogP contribution in [-0.4, -0.2) is 25.8 Å². The molecule has 138 valence electrons. The van der Waals surface area contributed by atoms with Crippen LogP contribution in [0.1, 0.15) is 31.7 Å². The topological polar surface area (TPSA) is 21.3 Å². The van der Waals surface area contributed by atoms with Crippen molar-refractivity contribution in [3.8, 4) is 10.4 Å². The molecule has 0 radical (unpaired) electrons. The summed E-state index contributed by atoms with van der Waals surface area (Å²) in [7, 11) is 0. The van der Waals surface area contributed by atoms with E-state index in [-0.39, 0.29) is 0 Å². The number of rotatable bonds is 9. The molecule has 26 heavy (non-hydrogen) atoms. The highest BCUT2D eigenvalue weighted by Gasteiger charge is 2.12. The number of thiophene rings is 1. The van der Waals surface area contributed by atoms with Gasteiger partial charge in [0.25, 0.3) is 0 Å². The summed E-state index contributed by atoms with van der Waals surface area (Å²) in [4.78, 5) is 1.33. The number of ether oxygens (including phenoxy) is 1. The second kappa shape index (κ2) is 10.5. The molecule has 1 unspecified atom stereocenters. The average molecular weight is 368 g/mol. The van der Waals surface area contributed by atoms with Crippen LogP contribution in [0.4, 0.5) is 0 Å². The lowest BCUT2D eigenvalue weighted by molar-refractivity contribution is 0.141. The Labute approximate surface area is 161 Å². The first-order valence-electron chi connectivity index (χ1n) is 9.58. The van der Waals surface area contributed by atoms with Gasteiger partial charge in [-0.15, -0.1) is 11.3 Å². The van der Waals surface area contributed by atoms with E-state index in [0.717, 1.165) is 26.0 Å². The van der Waals surface area contributed by atoms with Crippen molar-refractivity contribution in [2.75, 3.05) is 19.8 Å². The van der Waals surface area contributed by atoms with Crippen molar-refractivity contribution >= 4 is 11.3 Å². The second-order valence-electron chi connectivity index (χ2n) is 6.80. The quantitative estimate of drug-likeness (QED) is 0.459. The molecule has 0 bridgehead atoms. The van der Waals surface area contributed by atoms with Gasteiger partial charge in [-0.1, -0.05) is 54.1 Å². The van der Waals surface area contributed by atoms with Crippen LogP contribution in [0.2, 0.25) is 0 Å². The molecule has 1 N–H and O–H groups in total. The van der Waals surface area contributed by atoms with E-state index in [1.165, 1.54) is 34.4 Å². The van der Waals surface area contributed by atoms with Gasteiger partial charge in [0.15, 0.2) is 0 Å². The summed E-state index contributed by atoms with van der Waals surface area (Å²) >= 11 is 1.79. The Morgan fingerprint density at radius 3 is 2.81 bits per heavy atom. The first-order chi connectivity index (χ1) is 12.8. The minimum absolute atomic E-state index is 0.562. The molecule has 1 aromatic carbocycles. The molecule has 0 saturated carbocycles. The van der Waals surface area contributed by atoms with Crippen LogP contribution in [0.15, 0.2) is 65.6 Å². The molecule has 2 aromatic rings. The van der Waals surface area contributed by atoms with Gasteiger partial charge in [0, 0.05) is 10.9 Å². The van der Waals surface area contributed by atoms with Crippen molar-refractivity contribution < 1.29 is 4.74 Å². The number of hydrogen-bond acceptors (Lipinski definition) is 3. The van der Waals surface area contributed by atoms with E-state index in [0.29, 0.717) is 12.6 Å². The normalized spacial score (nSPS) is 18.0. The van der Waals surface area contributed by atoms with Crippen LogP contribution in [0.5, 0.6) is 0 Å². The van der Waals surface area contributed by atoms with Crippen LogP contribution in [0.25, 0.3) is 10.4 Å². The summed E-state index contributed by atoms with van der Waals surface area (Å²) in [6.07, 6.45) is 11.2. The highest BCUT2D eigenvalue weighted by Crippen LogP contribution is 2.25. The van der Waals surface area contributed by atoms with E-state index in [9.17, 15) is 0 Å². The molecule has 2 nitrogen and oxygen atoms in total. The molecule has 0 aliphatic carbocycles. The molecule has 2 heterocycles. The fourth-order valence-corrected chi connectivity index (χ4v) is 4.00. The summed E-state index contributed by atoms with van der Waals surface area (Å²) < 4.78 is 5.73. The Morgan fingerprint density at radius 1 is 1.23 bits per heavy atom. The van der Waals surface area contributed by atoms with E-state index in [1.54, 1.807) is 11.3 Å². The van der Waals surface area contributed by atoms with E-state index >= 15 is 0 Å². The van der Waals surface area contributed by atoms with Gasteiger partial charge in [0.2, 0.25) is 0 Å². The van der Waals surface area contributed by atoms with E-state index in [2.05, 4.69) is 72.2 Å². The minimum atomic E-state index is 0.562. The van der Waals surface area contributed by atoms with Crippen molar-refractivity contribution in [3.05, 3.63) is 71.1 Å². The lowest BCUT2D eigenvalue weighted by atomic mass is 10.0. The molecule has 1 aromatic heterocycles. The fraction of sp³-hybridized carbons (Fsp3) is 0.391. The van der Waals surface area contributed by atoms with Gasteiger partial charge in [0.05, 0.1) is 13.2 Å². The zero-order valence-electron chi connectivity index (χ0n) is 15.6. The van der Waals surface area contributed by atoms with Gasteiger partial charge in [0.1, 0.15) is 0 Å². The average Bonchev–Trinajstić information content (AvgIpc) is 3.38. The Bertz CT molecular complexity index is 694. The van der Waals surface area contributed by atoms with E-state index in [4.69, 9.17) is 4.74 Å². The maximum Gasteiger partial charge on any atom is 0.0648 e. The molecular formula is C23H29NOS. The van der Waals surface area contributed by atoms with Crippen LogP contribution >= 0.6 is 11.3 Å². The van der Waals surface area contributed by atoms with Crippen LogP contribution in [0, 0.1) is 0 Å². The monoisotopic (exact) mass is 367 g/mol. The fourth-order valence-electron chi connectivity index (χ4n) is 3.26. The third-order valence-electron chi connectivity index (χ3n) is 4.84. The molecule has 1 saturated heterocycles. The number of benzene rings is 1. The summed E-state index contributed by atoms with van der Waals surface area (Å²) in [5, 5.41) is 5.58. The second-order valence-corrected chi connectivity index (χ2v) is 7.75. The standard InChI is InChI=1S/C23H29NOS/c1-2-19(7-3-4-15-25-18-22-8-5-14-24-22)17-20-10-12-21(13-11-20)23-9-6-16-26-23/h2-4,6,9-13,16,22,24H,5,7-8,14-15,17-18H2,1H3/b4-3-,19-2+. The van der Waals surface area contributed by atoms with Crippen LogP contribution in [-0.2, 0) is 11.2 Å². The molecule has 3 rings (SSSR count). The first-order valence-corrected chi connectivity index (χ1v) is 10.5. The maximum absolute atomic E-state index is 5.73. The maximum atomic E-state index is 5.73. The van der Waals surface area contributed by atoms with Gasteiger partial charge >= 0.3 is 0 Å². The zero-order chi connectivity index (χ0) is 18.0. The van der Waals surface area contributed by atoms with Crippen molar-refractivity contribution in [2.45, 2.75) is 38.6 Å². The summed E-state index contributed by atoms with van der Waals surface area (Å²) in [5.41, 5.74) is 4.12. The van der Waals surface area contributed by atoms with Gasteiger partial charge < -0.3 is 10.1 Å². The highest BCUT2D eigenvalue weighted by molar-refractivity contribution is 7.13. The Kier molecular flexibility index (Phi) is 7.68. The number of allylic oxidation sites excluding steroid dienone is 3. The van der Waals surface area contributed by atoms with Gasteiger partial charge in [-0.05, 0) is 61.7 Å². The highest BCUT2D eigenvalue weighted by atomic mass is 32.1. The van der Waals surface area contributed by atoms with Crippen molar-refractivity contribution in [2.24, 2.45) is 0 Å². The summed E-state index contributed by atoms with van der Waals surface area (Å²) in [6.45, 7) is 4.82. The molecular weight excluding hydrogens is 338 g/mol. The molecule has 1 aliphatic rings. The van der Waals surface area contributed by atoms with E-state index < -0.39 is 0 Å². The predicted octanol–water partition coefficient (Wildman–Crippen LogP) is 5.62. The lowest BCUT2D eigenvalue weighted by Gasteiger charge is -2.09. The minimum Gasteiger partial charge on any atom is -0.376 e. The largest absolute Gasteiger partial charge is 0.376 e. The van der Waals surface area contributed by atoms with Crippen LogP contribution < -0.4 is 5.32 Å². The molecule has 1 atom stereocenters. The molecule has 3 heteroatoms. The first kappa shape index (κ1) is 19.1.